The van der Waals surface area contributed by atoms with Crippen LogP contribution in [0.3, 0.4) is 0 Å². The van der Waals surface area contributed by atoms with Crippen LogP contribution >= 0.6 is 0 Å². The number of carbonyl (C=O) groups excluding carboxylic acids is 1. The molecule has 3 rings (SSSR count). The fourth-order valence-electron chi connectivity index (χ4n) is 3.31. The van der Waals surface area contributed by atoms with Crippen molar-refractivity contribution in [3.63, 3.8) is 0 Å². The number of aliphatic imine (C=N–C) groups is 1. The lowest BCUT2D eigenvalue weighted by Gasteiger charge is -2.20. The molecule has 12 heteroatoms. The molecule has 1 aliphatic rings. The molecule has 0 spiro atoms. The largest absolute Gasteiger partial charge is 0.494 e. The number of benzene rings is 2. The molecule has 2 atom stereocenters. The van der Waals surface area contributed by atoms with Gasteiger partial charge in [0, 0.05) is 17.3 Å². The van der Waals surface area contributed by atoms with Crippen LogP contribution < -0.4 is 19.5 Å². The lowest BCUT2D eigenvalue weighted by atomic mass is 9.98. The van der Waals surface area contributed by atoms with Gasteiger partial charge in [-0.25, -0.2) is 16.8 Å². The van der Waals surface area contributed by atoms with Crippen molar-refractivity contribution in [1.29, 1.82) is 0 Å². The second-order valence-electron chi connectivity index (χ2n) is 7.69. The summed E-state index contributed by atoms with van der Waals surface area (Å²) < 4.78 is 57.8. The van der Waals surface area contributed by atoms with Crippen molar-refractivity contribution in [1.82, 2.24) is 4.72 Å². The first-order valence-corrected chi connectivity index (χ1v) is 13.5. The predicted octanol–water partition coefficient (Wildman–Crippen LogP) is 2.16. The molecule has 0 radical (unpaired) electrons. The lowest BCUT2D eigenvalue weighted by molar-refractivity contribution is -0.118. The number of hydrogen-bond acceptors (Lipinski definition) is 7. The normalized spacial score (nSPS) is 17.5. The fourth-order valence-corrected chi connectivity index (χ4v) is 5.11. The molecule has 1 heterocycles. The Morgan fingerprint density at radius 3 is 2.55 bits per heavy atom. The molecular weight excluding hydrogens is 468 g/mol. The number of amides is 1. The SMILES string of the molecule is CC[C@H](C)[C@H](N=C1NS(=O)(=O)c2ccccc21)C(=O)Nc1ccc(NS(C)(=O)=O)c(OC)c1. The van der Waals surface area contributed by atoms with Gasteiger partial charge in [-0.05, 0) is 30.2 Å². The van der Waals surface area contributed by atoms with E-state index in [2.05, 4.69) is 19.8 Å². The van der Waals surface area contributed by atoms with Gasteiger partial charge in [0.25, 0.3) is 10.0 Å². The average Bonchev–Trinajstić information content (AvgIpc) is 3.01. The van der Waals surface area contributed by atoms with E-state index in [0.717, 1.165) is 6.26 Å². The quantitative estimate of drug-likeness (QED) is 0.513. The molecule has 0 aliphatic carbocycles. The van der Waals surface area contributed by atoms with E-state index < -0.39 is 32.0 Å². The van der Waals surface area contributed by atoms with Crippen molar-refractivity contribution in [2.45, 2.75) is 31.2 Å². The van der Waals surface area contributed by atoms with Crippen molar-refractivity contribution < 1.29 is 26.4 Å². The number of sulfonamides is 2. The van der Waals surface area contributed by atoms with Gasteiger partial charge in [-0.2, -0.15) is 0 Å². The zero-order chi connectivity index (χ0) is 24.4. The van der Waals surface area contributed by atoms with E-state index in [0.29, 0.717) is 17.7 Å². The number of carbonyl (C=O) groups is 1. The van der Waals surface area contributed by atoms with E-state index >= 15 is 0 Å². The maximum Gasteiger partial charge on any atom is 0.263 e. The minimum atomic E-state index is -3.73. The van der Waals surface area contributed by atoms with Gasteiger partial charge >= 0.3 is 0 Å². The molecule has 0 bridgehead atoms. The number of anilines is 2. The van der Waals surface area contributed by atoms with E-state index in [1.54, 1.807) is 18.2 Å². The molecule has 1 amide bonds. The van der Waals surface area contributed by atoms with Gasteiger partial charge in [-0.3, -0.25) is 19.2 Å². The Morgan fingerprint density at radius 1 is 1.21 bits per heavy atom. The van der Waals surface area contributed by atoms with Crippen molar-refractivity contribution in [2.24, 2.45) is 10.9 Å². The molecular formula is C21H26N4O6S2. The maximum atomic E-state index is 13.1. The number of methoxy groups -OCH3 is 1. The molecule has 178 valence electrons. The molecule has 0 saturated carbocycles. The molecule has 1 aliphatic heterocycles. The summed E-state index contributed by atoms with van der Waals surface area (Å²) >= 11 is 0. The first kappa shape index (κ1) is 24.5. The molecule has 2 aromatic rings. The molecule has 0 saturated heterocycles. The summed E-state index contributed by atoms with van der Waals surface area (Å²) in [6.07, 6.45) is 1.65. The van der Waals surface area contributed by atoms with Gasteiger partial charge < -0.3 is 10.1 Å². The summed E-state index contributed by atoms with van der Waals surface area (Å²) in [5.74, 6) is -0.285. The van der Waals surface area contributed by atoms with Gasteiger partial charge in [0.05, 0.1) is 23.9 Å². The number of fused-ring (bicyclic) bond motifs is 1. The van der Waals surface area contributed by atoms with Crippen LogP contribution in [0, 0.1) is 5.92 Å². The summed E-state index contributed by atoms with van der Waals surface area (Å²) in [5, 5.41) is 2.76. The van der Waals surface area contributed by atoms with Crippen molar-refractivity contribution in [3.05, 3.63) is 48.0 Å². The smallest absolute Gasteiger partial charge is 0.263 e. The van der Waals surface area contributed by atoms with Gasteiger partial charge in [0.15, 0.2) is 0 Å². The molecule has 10 nitrogen and oxygen atoms in total. The summed E-state index contributed by atoms with van der Waals surface area (Å²) in [4.78, 5) is 17.7. The second-order valence-corrected chi connectivity index (χ2v) is 11.1. The number of nitrogens with zero attached hydrogens (tertiary/aromatic N) is 1. The highest BCUT2D eigenvalue weighted by molar-refractivity contribution is 7.92. The minimum Gasteiger partial charge on any atom is -0.494 e. The van der Waals surface area contributed by atoms with Crippen LogP contribution in [0.2, 0.25) is 0 Å². The summed E-state index contributed by atoms with van der Waals surface area (Å²) in [7, 11) is -5.86. The number of amidine groups is 1. The Bertz CT molecular complexity index is 1310. The standard InChI is InChI=1S/C21H26N4O6S2/c1-5-13(2)19(23-20-15-8-6-7-9-18(15)33(29,30)25-20)21(26)22-14-10-11-16(17(12-14)31-3)24-32(4,27)28/h6-13,19,24H,5H2,1-4H3,(H,22,26)(H,23,25)/t13-,19-/m0/s1. The first-order valence-electron chi connectivity index (χ1n) is 10.1. The van der Waals surface area contributed by atoms with Crippen LogP contribution in [0.25, 0.3) is 0 Å². The topological polar surface area (TPSA) is 143 Å². The van der Waals surface area contributed by atoms with E-state index in [4.69, 9.17) is 4.74 Å². The van der Waals surface area contributed by atoms with E-state index in [9.17, 15) is 21.6 Å². The first-order chi connectivity index (χ1) is 15.4. The van der Waals surface area contributed by atoms with Crippen molar-refractivity contribution in [2.75, 3.05) is 23.4 Å². The van der Waals surface area contributed by atoms with Gasteiger partial charge in [-0.1, -0.05) is 32.4 Å². The highest BCUT2D eigenvalue weighted by Gasteiger charge is 2.33. The Labute approximate surface area is 193 Å². The van der Waals surface area contributed by atoms with Crippen LogP contribution in [0.1, 0.15) is 25.8 Å². The number of ether oxygens (including phenoxy) is 1. The number of hydrogen-bond donors (Lipinski definition) is 3. The summed E-state index contributed by atoms with van der Waals surface area (Å²) in [5.41, 5.74) is 1.02. The third-order valence-electron chi connectivity index (χ3n) is 5.15. The average molecular weight is 495 g/mol. The predicted molar refractivity (Wildman–Crippen MR) is 127 cm³/mol. The van der Waals surface area contributed by atoms with E-state index in [1.165, 1.54) is 31.4 Å². The van der Waals surface area contributed by atoms with Crippen LogP contribution in [-0.4, -0.2) is 48.0 Å². The molecule has 0 unspecified atom stereocenters. The Morgan fingerprint density at radius 2 is 1.91 bits per heavy atom. The Kier molecular flexibility index (Phi) is 6.98. The molecule has 0 aromatic heterocycles. The van der Waals surface area contributed by atoms with E-state index in [1.807, 2.05) is 13.8 Å². The molecule has 2 aromatic carbocycles. The van der Waals surface area contributed by atoms with Crippen LogP contribution in [0.4, 0.5) is 11.4 Å². The Balaban J connectivity index is 1.91. The highest BCUT2D eigenvalue weighted by Crippen LogP contribution is 2.29. The van der Waals surface area contributed by atoms with Crippen LogP contribution in [0.5, 0.6) is 5.75 Å². The van der Waals surface area contributed by atoms with Crippen molar-refractivity contribution in [3.8, 4) is 5.75 Å². The molecule has 33 heavy (non-hydrogen) atoms. The third kappa shape index (κ3) is 5.63. The van der Waals surface area contributed by atoms with Crippen LogP contribution in [-0.2, 0) is 24.8 Å². The van der Waals surface area contributed by atoms with Crippen molar-refractivity contribution >= 4 is 43.2 Å². The molecule has 3 N–H and O–H groups in total. The highest BCUT2D eigenvalue weighted by atomic mass is 32.2. The van der Waals surface area contributed by atoms with Crippen LogP contribution in [0.15, 0.2) is 52.4 Å². The maximum absolute atomic E-state index is 13.1. The zero-order valence-electron chi connectivity index (χ0n) is 18.6. The number of nitrogens with one attached hydrogen (secondary N) is 3. The number of rotatable bonds is 8. The Hall–Kier alpha value is -3.12. The van der Waals surface area contributed by atoms with Gasteiger partial charge in [0.2, 0.25) is 15.9 Å². The minimum absolute atomic E-state index is 0.116. The summed E-state index contributed by atoms with van der Waals surface area (Å²) in [6, 6.07) is 10.1. The van der Waals surface area contributed by atoms with Gasteiger partial charge in [0.1, 0.15) is 17.6 Å². The monoisotopic (exact) mass is 494 g/mol. The second kappa shape index (κ2) is 9.40. The lowest BCUT2D eigenvalue weighted by Crippen LogP contribution is -2.34. The molecule has 0 fully saturated rings. The summed E-state index contributed by atoms with van der Waals surface area (Å²) in [6.45, 7) is 3.76. The zero-order valence-corrected chi connectivity index (χ0v) is 20.2. The fraction of sp³-hybridized carbons (Fsp3) is 0.333. The van der Waals surface area contributed by atoms with E-state index in [-0.39, 0.29) is 28.1 Å². The van der Waals surface area contributed by atoms with Gasteiger partial charge in [-0.15, -0.1) is 0 Å². The third-order valence-corrected chi connectivity index (χ3v) is 7.13.